The van der Waals surface area contributed by atoms with Gasteiger partial charge in [0.2, 0.25) is 0 Å². The van der Waals surface area contributed by atoms with Gasteiger partial charge in [0.05, 0.1) is 0 Å². The fraction of sp³-hybridized carbons (Fsp3) is 0. The van der Waals surface area contributed by atoms with Crippen LogP contribution in [0.4, 0.5) is 0 Å². The van der Waals surface area contributed by atoms with Crippen LogP contribution in [0.5, 0.6) is 0 Å². The van der Waals surface area contributed by atoms with Crippen LogP contribution in [-0.2, 0) is 0 Å². The molecule has 0 spiro atoms. The molecule has 0 atom stereocenters. The van der Waals surface area contributed by atoms with Gasteiger partial charge in [-0.15, -0.1) is 12.4 Å². The Bertz CT molecular complexity index is 28.5. The van der Waals surface area contributed by atoms with Crippen LogP contribution in [0.2, 0.25) is 0 Å². The Labute approximate surface area is 98.7 Å². The molecule has 64 valence electrons. The molecule has 10 heteroatoms. The Balaban J connectivity index is -0.0000000300. The molecule has 0 unspecified atom stereocenters. The molecule has 6 nitrogen and oxygen atoms in total. The Morgan fingerprint density at radius 2 is 0.800 bits per heavy atom. The monoisotopic (exact) mass is 246 g/mol. The molecule has 0 aromatic carbocycles. The fourth-order valence-corrected chi connectivity index (χ4v) is 0. The first kappa shape index (κ1) is 22.7. The zero-order valence-electron chi connectivity index (χ0n) is 3.69. The first-order valence-electron chi connectivity index (χ1n) is 0.955. The van der Waals surface area contributed by atoms with Crippen molar-refractivity contribution in [2.75, 3.05) is 0 Å². The van der Waals surface area contributed by atoms with E-state index >= 15 is 0 Å². The average Bonchev–Trinajstić information content (AvgIpc) is 1.25. The van der Waals surface area contributed by atoms with Crippen molar-refractivity contribution >= 4 is 50.1 Å². The van der Waals surface area contributed by atoms with Crippen LogP contribution in [0.15, 0.2) is 0 Å². The van der Waals surface area contributed by atoms with Crippen molar-refractivity contribution < 1.29 is 49.5 Å². The Hall–Kier alpha value is 1.89. The number of hydrogen-bond acceptors (Lipinski definition) is 6. The van der Waals surface area contributed by atoms with E-state index in [1.807, 2.05) is 0 Å². The van der Waals surface area contributed by atoms with E-state index in [-0.39, 0.29) is 50.1 Å². The van der Waals surface area contributed by atoms with Gasteiger partial charge < -0.3 is 18.6 Å². The summed E-state index contributed by atoms with van der Waals surface area (Å²) in [6.45, 7) is 0. The summed E-state index contributed by atoms with van der Waals surface area (Å²) in [6.07, 6.45) is 0. The molecule has 0 radical (unpaired) electrons. The van der Waals surface area contributed by atoms with Gasteiger partial charge in [0.1, 0.15) is 0 Å². The molecule has 0 bridgehead atoms. The van der Waals surface area contributed by atoms with Gasteiger partial charge in [0.15, 0.2) is 0 Å². The molecule has 0 aromatic heterocycles. The van der Waals surface area contributed by atoms with Crippen LogP contribution in [0.3, 0.4) is 0 Å². The molecular weight excluding hydrogens is 242 g/mol. The van der Waals surface area contributed by atoms with E-state index in [0.717, 1.165) is 0 Å². The van der Waals surface area contributed by atoms with Crippen LogP contribution in [0, 0.1) is 21.6 Å². The van der Waals surface area contributed by atoms with Crippen molar-refractivity contribution in [1.82, 2.24) is 0 Å². The number of halogens is 3. The van der Waals surface area contributed by atoms with E-state index in [4.69, 9.17) is 28.0 Å². The molecule has 0 aliphatic rings. The van der Waals surface area contributed by atoms with Crippen molar-refractivity contribution in [1.29, 1.82) is 0 Å². The van der Waals surface area contributed by atoms with E-state index in [9.17, 15) is 0 Å². The molecule has 0 amide bonds. The summed E-state index contributed by atoms with van der Waals surface area (Å²) in [5.74, 6) is 0. The smallest absolute Gasteiger partial charge is 0.282 e. The van der Waals surface area contributed by atoms with Crippen molar-refractivity contribution in [2.45, 2.75) is 0 Å². The minimum absolute atomic E-state index is 0. The topological polar surface area (TPSA) is 133 Å². The predicted octanol–water partition coefficient (Wildman–Crippen LogP) is -6.36. The van der Waals surface area contributed by atoms with Gasteiger partial charge in [0.25, 0.3) is 21.6 Å². The molecule has 10 heavy (non-hydrogen) atoms. The maximum absolute atomic E-state index is 8.52. The SMILES string of the molecule is Cl.[CaH2].[O-][Cl+2]([O-])O.[O-][Cl+2]([O-])O. The van der Waals surface area contributed by atoms with Crippen molar-refractivity contribution in [3.63, 3.8) is 0 Å². The molecule has 0 aliphatic heterocycles. The van der Waals surface area contributed by atoms with Crippen LogP contribution in [0.1, 0.15) is 0 Å². The minimum Gasteiger partial charge on any atom is -0.321 e. The van der Waals surface area contributed by atoms with E-state index < -0.39 is 21.6 Å². The molecule has 0 aromatic rings. The number of rotatable bonds is 0. The third-order valence-corrected chi connectivity index (χ3v) is 0. The van der Waals surface area contributed by atoms with Crippen LogP contribution in [0.25, 0.3) is 0 Å². The van der Waals surface area contributed by atoms with Crippen molar-refractivity contribution in [3.05, 3.63) is 0 Å². The maximum Gasteiger partial charge on any atom is 0.282 e. The Morgan fingerprint density at radius 3 is 0.800 bits per heavy atom. The summed E-state index contributed by atoms with van der Waals surface area (Å²) in [6, 6.07) is 0. The van der Waals surface area contributed by atoms with Crippen LogP contribution < -0.4 is 18.6 Å². The van der Waals surface area contributed by atoms with Crippen molar-refractivity contribution in [2.24, 2.45) is 0 Å². The molecule has 0 rings (SSSR count). The first-order chi connectivity index (χ1) is 3.46. The summed E-state index contributed by atoms with van der Waals surface area (Å²) >= 11 is 0. The molecule has 0 aliphatic carbocycles. The molecule has 2 N–H and O–H groups in total. The predicted molar refractivity (Wildman–Crippen MR) is 20.2 cm³/mol. The van der Waals surface area contributed by atoms with Gasteiger partial charge in [-0.3, -0.25) is 0 Å². The Morgan fingerprint density at radius 1 is 0.800 bits per heavy atom. The molecule has 0 saturated carbocycles. The van der Waals surface area contributed by atoms with Gasteiger partial charge in [0, 0.05) is 9.32 Å². The summed E-state index contributed by atoms with van der Waals surface area (Å²) in [5, 5.41) is 0. The Kier molecular flexibility index (Phi) is 38.8. The van der Waals surface area contributed by atoms with E-state index in [2.05, 4.69) is 0 Å². The van der Waals surface area contributed by atoms with Gasteiger partial charge in [-0.05, 0) is 0 Å². The molecule has 0 heterocycles. The maximum atomic E-state index is 8.52. The van der Waals surface area contributed by atoms with Crippen molar-refractivity contribution in [3.8, 4) is 0 Å². The van der Waals surface area contributed by atoms with Gasteiger partial charge >= 0.3 is 37.7 Å². The average molecular weight is 247 g/mol. The zero-order valence-corrected chi connectivity index (χ0v) is 6.02. The minimum atomic E-state index is -2.60. The number of hydrogen-bond donors (Lipinski definition) is 2. The van der Waals surface area contributed by atoms with Crippen LogP contribution in [-0.4, -0.2) is 47.1 Å². The van der Waals surface area contributed by atoms with Gasteiger partial charge in [-0.2, -0.15) is 0 Å². The summed E-state index contributed by atoms with van der Waals surface area (Å²) in [7, 11) is -5.20. The second-order valence-corrected chi connectivity index (χ2v) is 1.21. The molecular formula is H5CaCl3O6. The zero-order chi connectivity index (χ0) is 7.15. The third-order valence-electron chi connectivity index (χ3n) is 0. The standard InChI is InChI=1S/Ca.2ClHO3.ClH.2H/c;2*2-1(3)4;;;/h;2*2H;1H;;. The second-order valence-electron chi connectivity index (χ2n) is 0.402. The first-order valence-corrected chi connectivity index (χ1v) is 2.87. The van der Waals surface area contributed by atoms with E-state index in [1.54, 1.807) is 0 Å². The summed E-state index contributed by atoms with van der Waals surface area (Å²) < 4.78 is 47.9. The van der Waals surface area contributed by atoms with Gasteiger partial charge in [-0.1, -0.05) is 0 Å². The third kappa shape index (κ3) is 219. The van der Waals surface area contributed by atoms with E-state index in [0.29, 0.717) is 0 Å². The second kappa shape index (κ2) is 17.1. The fourth-order valence-electron chi connectivity index (χ4n) is 0. The normalized spacial score (nSPS) is 7.20. The molecule has 0 saturated heterocycles. The largest absolute Gasteiger partial charge is 0.321 e. The van der Waals surface area contributed by atoms with E-state index in [1.165, 1.54) is 0 Å². The van der Waals surface area contributed by atoms with Gasteiger partial charge in [-0.25, -0.2) is 0 Å². The quantitative estimate of drug-likeness (QED) is 0.409. The summed E-state index contributed by atoms with van der Waals surface area (Å²) in [5.41, 5.74) is 0. The van der Waals surface area contributed by atoms with Crippen LogP contribution >= 0.6 is 12.4 Å². The summed E-state index contributed by atoms with van der Waals surface area (Å²) in [4.78, 5) is 0. The molecule has 0 fully saturated rings.